The van der Waals surface area contributed by atoms with Crippen molar-refractivity contribution >= 4 is 12.8 Å². The number of phenols is 1. The van der Waals surface area contributed by atoms with Crippen LogP contribution in [0.4, 0.5) is 8.78 Å². The number of thiol groups is 1. The van der Waals surface area contributed by atoms with E-state index in [9.17, 15) is 8.78 Å². The van der Waals surface area contributed by atoms with E-state index >= 15 is 0 Å². The van der Waals surface area contributed by atoms with Gasteiger partial charge in [0.15, 0.2) is 17.4 Å². The molecular weight excluding hydrogens is 232 g/mol. The van der Waals surface area contributed by atoms with Gasteiger partial charge in [-0.25, -0.2) is 8.78 Å². The Labute approximate surface area is 98.4 Å². The van der Waals surface area contributed by atoms with Crippen LogP contribution in [-0.2, 0) is 0 Å². The van der Waals surface area contributed by atoms with Crippen molar-refractivity contribution in [3.63, 3.8) is 0 Å². The second-order valence-electron chi connectivity index (χ2n) is 4.06. The second-order valence-corrected chi connectivity index (χ2v) is 4.63. The molecule has 0 aromatic heterocycles. The molecule has 2 nitrogen and oxygen atoms in total. The Balaban J connectivity index is 2.21. The number of halogens is 2. The second kappa shape index (κ2) is 4.59. The molecule has 1 aliphatic heterocycles. The lowest BCUT2D eigenvalue weighted by atomic mass is 9.90. The van der Waals surface area contributed by atoms with Crippen molar-refractivity contribution in [1.29, 1.82) is 0 Å². The lowest BCUT2D eigenvalue weighted by Crippen LogP contribution is -2.25. The molecule has 0 aliphatic carbocycles. The summed E-state index contributed by atoms with van der Waals surface area (Å²) >= 11 is 4.22. The highest BCUT2D eigenvalue weighted by molar-refractivity contribution is 7.77. The minimum absolute atomic E-state index is 0.146. The van der Waals surface area contributed by atoms with E-state index in [1.165, 1.54) is 12.1 Å². The molecule has 0 saturated carbocycles. The fraction of sp³-hybridized carbons (Fsp3) is 0.455. The molecule has 0 atom stereocenters. The molecule has 1 fully saturated rings. The summed E-state index contributed by atoms with van der Waals surface area (Å²) in [5, 5.41) is 9.00. The summed E-state index contributed by atoms with van der Waals surface area (Å²) in [5.41, 5.74) is 0.620. The van der Waals surface area contributed by atoms with Crippen molar-refractivity contribution in [3.8, 4) is 5.75 Å². The van der Waals surface area contributed by atoms with E-state index in [0.717, 1.165) is 25.9 Å². The maximum atomic E-state index is 13.2. The van der Waals surface area contributed by atoms with Gasteiger partial charge in [0, 0.05) is 13.1 Å². The first-order valence-corrected chi connectivity index (χ1v) is 5.59. The smallest absolute Gasteiger partial charge is 0.187 e. The Bertz CT molecular complexity index is 369. The largest absolute Gasteiger partial charge is 0.503 e. The molecule has 1 aliphatic rings. The Morgan fingerprint density at radius 2 is 1.69 bits per heavy atom. The Morgan fingerprint density at radius 1 is 1.19 bits per heavy atom. The maximum absolute atomic E-state index is 13.2. The molecule has 88 valence electrons. The SMILES string of the molecule is Oc1c(F)cc(C2CCN(S)CC2)cc1F. The zero-order chi connectivity index (χ0) is 11.7. The first-order valence-electron chi connectivity index (χ1n) is 5.19. The van der Waals surface area contributed by atoms with Crippen LogP contribution in [0.15, 0.2) is 12.1 Å². The van der Waals surface area contributed by atoms with Gasteiger partial charge in [0.2, 0.25) is 0 Å². The van der Waals surface area contributed by atoms with Crippen LogP contribution >= 0.6 is 12.8 Å². The first-order chi connectivity index (χ1) is 7.58. The van der Waals surface area contributed by atoms with Gasteiger partial charge in [0.05, 0.1) is 0 Å². The molecule has 0 spiro atoms. The van der Waals surface area contributed by atoms with Crippen LogP contribution in [0.25, 0.3) is 0 Å². The van der Waals surface area contributed by atoms with Gasteiger partial charge in [0.1, 0.15) is 0 Å². The summed E-state index contributed by atoms with van der Waals surface area (Å²) in [4.78, 5) is 0. The average Bonchev–Trinajstić information content (AvgIpc) is 2.26. The predicted octanol–water partition coefficient (Wildman–Crippen LogP) is 2.69. The van der Waals surface area contributed by atoms with Crippen molar-refractivity contribution in [3.05, 3.63) is 29.3 Å². The van der Waals surface area contributed by atoms with Crippen molar-refractivity contribution in [2.75, 3.05) is 13.1 Å². The standard InChI is InChI=1S/C11H13F2NOS/c12-9-5-8(6-10(13)11(9)15)7-1-3-14(16)4-2-7/h5-7,15-16H,1-4H2. The zero-order valence-electron chi connectivity index (χ0n) is 8.66. The van der Waals surface area contributed by atoms with E-state index < -0.39 is 17.4 Å². The molecule has 2 rings (SSSR count). The number of benzene rings is 1. The van der Waals surface area contributed by atoms with Gasteiger partial charge in [0.25, 0.3) is 0 Å². The number of nitrogens with zero attached hydrogens (tertiary/aromatic N) is 1. The molecule has 1 saturated heterocycles. The number of hydrogen-bond acceptors (Lipinski definition) is 3. The highest BCUT2D eigenvalue weighted by Gasteiger charge is 2.21. The summed E-state index contributed by atoms with van der Waals surface area (Å²) < 4.78 is 28.2. The number of phenolic OH excluding ortho intramolecular Hbond substituents is 1. The Morgan fingerprint density at radius 3 is 2.19 bits per heavy atom. The zero-order valence-corrected chi connectivity index (χ0v) is 9.55. The number of aromatic hydroxyl groups is 1. The van der Waals surface area contributed by atoms with Gasteiger partial charge in [-0.1, -0.05) is 12.8 Å². The number of rotatable bonds is 1. The van der Waals surface area contributed by atoms with E-state index in [-0.39, 0.29) is 5.92 Å². The van der Waals surface area contributed by atoms with Crippen LogP contribution in [0, 0.1) is 11.6 Å². The Kier molecular flexibility index (Phi) is 3.35. The molecule has 1 aromatic rings. The molecule has 5 heteroatoms. The van der Waals surface area contributed by atoms with Crippen molar-refractivity contribution in [1.82, 2.24) is 4.31 Å². The third-order valence-corrected chi connectivity index (χ3v) is 3.38. The normalized spacial score (nSPS) is 18.9. The summed E-state index contributed by atoms with van der Waals surface area (Å²) in [6.45, 7) is 1.61. The van der Waals surface area contributed by atoms with Gasteiger partial charge in [-0.15, -0.1) is 0 Å². The molecule has 0 amide bonds. The summed E-state index contributed by atoms with van der Waals surface area (Å²) in [6, 6.07) is 2.44. The van der Waals surface area contributed by atoms with Crippen molar-refractivity contribution < 1.29 is 13.9 Å². The predicted molar refractivity (Wildman–Crippen MR) is 60.6 cm³/mol. The van der Waals surface area contributed by atoms with Crippen LogP contribution in [0.2, 0.25) is 0 Å². The quantitative estimate of drug-likeness (QED) is 0.743. The minimum atomic E-state index is -0.893. The highest BCUT2D eigenvalue weighted by Crippen LogP contribution is 2.32. The average molecular weight is 245 g/mol. The van der Waals surface area contributed by atoms with E-state index in [2.05, 4.69) is 12.8 Å². The van der Waals surface area contributed by atoms with E-state index in [1.54, 1.807) is 0 Å². The first kappa shape index (κ1) is 11.7. The van der Waals surface area contributed by atoms with Gasteiger partial charge in [-0.2, -0.15) is 0 Å². The monoisotopic (exact) mass is 245 g/mol. The third kappa shape index (κ3) is 2.30. The van der Waals surface area contributed by atoms with Crippen molar-refractivity contribution in [2.45, 2.75) is 18.8 Å². The maximum Gasteiger partial charge on any atom is 0.187 e. The van der Waals surface area contributed by atoms with Crippen LogP contribution in [0.5, 0.6) is 5.75 Å². The summed E-state index contributed by atoms with van der Waals surface area (Å²) in [6.07, 6.45) is 1.65. The van der Waals surface area contributed by atoms with Crippen LogP contribution in [0.1, 0.15) is 24.3 Å². The van der Waals surface area contributed by atoms with E-state index in [0.29, 0.717) is 5.56 Å². The number of piperidine rings is 1. The third-order valence-electron chi connectivity index (χ3n) is 2.98. The minimum Gasteiger partial charge on any atom is -0.503 e. The van der Waals surface area contributed by atoms with Gasteiger partial charge in [-0.3, -0.25) is 4.31 Å². The molecule has 1 heterocycles. The fourth-order valence-electron chi connectivity index (χ4n) is 2.02. The number of hydrogen-bond donors (Lipinski definition) is 2. The van der Waals surface area contributed by atoms with E-state index in [1.807, 2.05) is 4.31 Å². The van der Waals surface area contributed by atoms with Gasteiger partial charge in [-0.05, 0) is 36.5 Å². The molecule has 1 aromatic carbocycles. The summed E-state index contributed by atoms with van der Waals surface area (Å²) in [7, 11) is 0. The summed E-state index contributed by atoms with van der Waals surface area (Å²) in [5.74, 6) is -2.52. The van der Waals surface area contributed by atoms with Gasteiger partial charge < -0.3 is 5.11 Å². The van der Waals surface area contributed by atoms with E-state index in [4.69, 9.17) is 5.11 Å². The topological polar surface area (TPSA) is 23.5 Å². The lowest BCUT2D eigenvalue weighted by Gasteiger charge is -2.28. The van der Waals surface area contributed by atoms with Crippen LogP contribution in [-0.4, -0.2) is 22.5 Å². The van der Waals surface area contributed by atoms with Crippen LogP contribution < -0.4 is 0 Å². The molecule has 16 heavy (non-hydrogen) atoms. The fourth-order valence-corrected chi connectivity index (χ4v) is 2.25. The molecule has 0 unspecified atom stereocenters. The molecular formula is C11H13F2NOS. The molecule has 0 bridgehead atoms. The van der Waals surface area contributed by atoms with Crippen LogP contribution in [0.3, 0.4) is 0 Å². The molecule has 1 N–H and O–H groups in total. The van der Waals surface area contributed by atoms with Crippen molar-refractivity contribution in [2.24, 2.45) is 0 Å². The lowest BCUT2D eigenvalue weighted by molar-refractivity contribution is 0.345. The Hall–Kier alpha value is -0.810. The highest BCUT2D eigenvalue weighted by atomic mass is 32.1. The molecule has 0 radical (unpaired) electrons. The van der Waals surface area contributed by atoms with Gasteiger partial charge >= 0.3 is 0 Å².